The number of Topliss-reactive ketones (excluding diaryl/α,β-unsaturated/α-hetero) is 1. The van der Waals surface area contributed by atoms with E-state index in [4.69, 9.17) is 10.5 Å². The maximum absolute atomic E-state index is 13.6. The van der Waals surface area contributed by atoms with E-state index in [2.05, 4.69) is 5.32 Å². The summed E-state index contributed by atoms with van der Waals surface area (Å²) in [5, 5.41) is 2.91. The van der Waals surface area contributed by atoms with Crippen molar-refractivity contribution in [2.75, 3.05) is 13.7 Å². The number of benzene rings is 1. The largest absolute Gasteiger partial charge is 0.494 e. The maximum atomic E-state index is 13.6. The van der Waals surface area contributed by atoms with E-state index >= 15 is 0 Å². The zero-order chi connectivity index (χ0) is 17.5. The van der Waals surface area contributed by atoms with Crippen LogP contribution in [0.4, 0.5) is 4.39 Å². The maximum Gasteiger partial charge on any atom is 0.220 e. The quantitative estimate of drug-likeness (QED) is 0.684. The molecule has 1 aromatic carbocycles. The van der Waals surface area contributed by atoms with Crippen LogP contribution in [0.1, 0.15) is 49.9 Å². The number of ether oxygens (including phenoxy) is 1. The predicted octanol–water partition coefficient (Wildman–Crippen LogP) is 2.43. The molecule has 3 N–H and O–H groups in total. The summed E-state index contributed by atoms with van der Waals surface area (Å²) in [7, 11) is 1.36. The third-order valence-electron chi connectivity index (χ3n) is 4.20. The van der Waals surface area contributed by atoms with Gasteiger partial charge in [-0.15, -0.1) is 0 Å². The first-order valence-electron chi connectivity index (χ1n) is 7.79. The molecule has 0 bridgehead atoms. The van der Waals surface area contributed by atoms with E-state index in [1.54, 1.807) is 0 Å². The number of rotatable bonds is 9. The predicted molar refractivity (Wildman–Crippen MR) is 87.0 cm³/mol. The Labute approximate surface area is 136 Å². The molecule has 6 heteroatoms. The Balaban J connectivity index is 2.62. The van der Waals surface area contributed by atoms with E-state index in [0.29, 0.717) is 6.54 Å². The number of nitrogens with one attached hydrogen (secondary N) is 1. The summed E-state index contributed by atoms with van der Waals surface area (Å²) in [4.78, 5) is 24.1. The number of hydrogen-bond donors (Lipinski definition) is 2. The number of hydrogen-bond acceptors (Lipinski definition) is 4. The van der Waals surface area contributed by atoms with Crippen LogP contribution in [-0.2, 0) is 4.79 Å². The molecule has 0 heterocycles. The normalized spacial score (nSPS) is 11.2. The first kappa shape index (κ1) is 19.1. The molecule has 0 spiro atoms. The molecule has 0 fully saturated rings. The van der Waals surface area contributed by atoms with Crippen molar-refractivity contribution < 1.29 is 18.7 Å². The minimum absolute atomic E-state index is 0.0195. The standard InChI is InChI=1S/C17H25FN2O3/c1-4-17(5-2,11-19)20-16(22)9-7-14(21)12-6-8-15(23-3)13(18)10-12/h6,8,10H,4-5,7,9,11,19H2,1-3H3,(H,20,22). The van der Waals surface area contributed by atoms with Crippen LogP contribution in [0.3, 0.4) is 0 Å². The fourth-order valence-electron chi connectivity index (χ4n) is 2.34. The summed E-state index contributed by atoms with van der Waals surface area (Å²) >= 11 is 0. The number of carbonyl (C=O) groups excluding carboxylic acids is 2. The molecular weight excluding hydrogens is 299 g/mol. The lowest BCUT2D eigenvalue weighted by molar-refractivity contribution is -0.123. The number of nitrogens with two attached hydrogens (primary N) is 1. The van der Waals surface area contributed by atoms with Crippen molar-refractivity contribution in [3.63, 3.8) is 0 Å². The molecule has 0 aromatic heterocycles. The molecule has 0 radical (unpaired) electrons. The highest BCUT2D eigenvalue weighted by atomic mass is 19.1. The van der Waals surface area contributed by atoms with Gasteiger partial charge >= 0.3 is 0 Å². The van der Waals surface area contributed by atoms with Gasteiger partial charge in [0, 0.05) is 24.9 Å². The SMILES string of the molecule is CCC(CC)(CN)NC(=O)CCC(=O)c1ccc(OC)c(F)c1. The molecule has 0 unspecified atom stereocenters. The van der Waals surface area contributed by atoms with Gasteiger partial charge in [-0.05, 0) is 31.0 Å². The highest BCUT2D eigenvalue weighted by molar-refractivity contribution is 5.98. The lowest BCUT2D eigenvalue weighted by atomic mass is 9.92. The fraction of sp³-hybridized carbons (Fsp3) is 0.529. The molecule has 0 saturated heterocycles. The summed E-state index contributed by atoms with van der Waals surface area (Å²) < 4.78 is 18.4. The van der Waals surface area contributed by atoms with E-state index in [1.165, 1.54) is 19.2 Å². The van der Waals surface area contributed by atoms with Crippen molar-refractivity contribution in [3.05, 3.63) is 29.6 Å². The molecule has 0 atom stereocenters. The minimum atomic E-state index is -0.595. The summed E-state index contributed by atoms with van der Waals surface area (Å²) in [5.74, 6) is -1.02. The third kappa shape index (κ3) is 5.03. The van der Waals surface area contributed by atoms with E-state index in [9.17, 15) is 14.0 Å². The van der Waals surface area contributed by atoms with Crippen LogP contribution in [0.5, 0.6) is 5.75 Å². The molecule has 23 heavy (non-hydrogen) atoms. The van der Waals surface area contributed by atoms with Crippen LogP contribution in [0.25, 0.3) is 0 Å². The Morgan fingerprint density at radius 2 is 1.91 bits per heavy atom. The van der Waals surface area contributed by atoms with Crippen LogP contribution in [0.15, 0.2) is 18.2 Å². The van der Waals surface area contributed by atoms with E-state index in [0.717, 1.165) is 18.9 Å². The van der Waals surface area contributed by atoms with Crippen molar-refractivity contribution in [1.82, 2.24) is 5.32 Å². The third-order valence-corrected chi connectivity index (χ3v) is 4.20. The molecule has 1 amide bonds. The van der Waals surface area contributed by atoms with Gasteiger partial charge in [0.05, 0.1) is 12.6 Å². The van der Waals surface area contributed by atoms with Crippen molar-refractivity contribution in [3.8, 4) is 5.75 Å². The molecule has 128 valence electrons. The van der Waals surface area contributed by atoms with Gasteiger partial charge in [0.2, 0.25) is 5.91 Å². The van der Waals surface area contributed by atoms with Crippen LogP contribution >= 0.6 is 0 Å². The Morgan fingerprint density at radius 3 is 2.39 bits per heavy atom. The second-order valence-corrected chi connectivity index (χ2v) is 5.51. The van der Waals surface area contributed by atoms with Crippen LogP contribution in [0, 0.1) is 5.82 Å². The fourth-order valence-corrected chi connectivity index (χ4v) is 2.34. The molecule has 1 aromatic rings. The zero-order valence-corrected chi connectivity index (χ0v) is 13.9. The number of halogens is 1. The van der Waals surface area contributed by atoms with E-state index in [1.807, 2.05) is 13.8 Å². The average Bonchev–Trinajstić information content (AvgIpc) is 2.57. The monoisotopic (exact) mass is 324 g/mol. The number of methoxy groups -OCH3 is 1. The number of ketones is 1. The van der Waals surface area contributed by atoms with Gasteiger partial charge in [-0.1, -0.05) is 13.8 Å². The van der Waals surface area contributed by atoms with Crippen molar-refractivity contribution in [2.24, 2.45) is 5.73 Å². The highest BCUT2D eigenvalue weighted by Crippen LogP contribution is 2.19. The van der Waals surface area contributed by atoms with Gasteiger partial charge in [0.25, 0.3) is 0 Å². The second-order valence-electron chi connectivity index (χ2n) is 5.51. The molecule has 1 rings (SSSR count). The number of carbonyl (C=O) groups is 2. The minimum Gasteiger partial charge on any atom is -0.494 e. The Kier molecular flexibility index (Phi) is 7.16. The van der Waals surface area contributed by atoms with Gasteiger partial charge < -0.3 is 15.8 Å². The molecule has 0 aliphatic carbocycles. The smallest absolute Gasteiger partial charge is 0.220 e. The molecule has 0 saturated carbocycles. The van der Waals surface area contributed by atoms with E-state index in [-0.39, 0.29) is 35.8 Å². The van der Waals surface area contributed by atoms with Crippen LogP contribution in [-0.4, -0.2) is 30.9 Å². The van der Waals surface area contributed by atoms with Crippen molar-refractivity contribution in [1.29, 1.82) is 0 Å². The highest BCUT2D eigenvalue weighted by Gasteiger charge is 2.26. The summed E-state index contributed by atoms with van der Waals surface area (Å²) in [6.45, 7) is 4.27. The summed E-state index contributed by atoms with van der Waals surface area (Å²) in [6, 6.07) is 4.02. The molecule has 5 nitrogen and oxygen atoms in total. The topological polar surface area (TPSA) is 81.4 Å². The van der Waals surface area contributed by atoms with Crippen molar-refractivity contribution in [2.45, 2.75) is 45.1 Å². The molecule has 0 aliphatic rings. The zero-order valence-electron chi connectivity index (χ0n) is 13.9. The van der Waals surface area contributed by atoms with Gasteiger partial charge in [-0.3, -0.25) is 9.59 Å². The second kappa shape index (κ2) is 8.62. The van der Waals surface area contributed by atoms with Crippen LogP contribution < -0.4 is 15.8 Å². The van der Waals surface area contributed by atoms with Gasteiger partial charge in [-0.2, -0.15) is 0 Å². The van der Waals surface area contributed by atoms with Gasteiger partial charge in [-0.25, -0.2) is 4.39 Å². The Hall–Kier alpha value is -1.95. The lowest BCUT2D eigenvalue weighted by Crippen LogP contribution is -2.52. The summed E-state index contributed by atoms with van der Waals surface area (Å²) in [6.07, 6.45) is 1.52. The molecule has 0 aliphatic heterocycles. The van der Waals surface area contributed by atoms with Gasteiger partial charge in [0.15, 0.2) is 17.3 Å². The van der Waals surface area contributed by atoms with E-state index < -0.39 is 11.4 Å². The summed E-state index contributed by atoms with van der Waals surface area (Å²) in [5.41, 5.74) is 5.54. The lowest BCUT2D eigenvalue weighted by Gasteiger charge is -2.31. The van der Waals surface area contributed by atoms with Crippen molar-refractivity contribution >= 4 is 11.7 Å². The van der Waals surface area contributed by atoms with Crippen LogP contribution in [0.2, 0.25) is 0 Å². The van der Waals surface area contributed by atoms with Gasteiger partial charge in [0.1, 0.15) is 0 Å². The molecular formula is C17H25FN2O3. The first-order chi connectivity index (χ1) is 10.9. The number of amides is 1. The Morgan fingerprint density at radius 1 is 1.26 bits per heavy atom. The first-order valence-corrected chi connectivity index (χ1v) is 7.79. The Bertz CT molecular complexity index is 549. The average molecular weight is 324 g/mol.